The van der Waals surface area contributed by atoms with Gasteiger partial charge in [-0.3, -0.25) is 4.98 Å². The number of nitrogens with zero attached hydrogens (tertiary/aromatic N) is 5. The number of carbonyl (C=O) groups is 1. The quantitative estimate of drug-likeness (QED) is 0.384. The minimum Gasteiger partial charge on any atom is -0.456 e. The van der Waals surface area contributed by atoms with Crippen LogP contribution >= 0.6 is 0 Å². The molecule has 0 atom stereocenters. The molecule has 4 aromatic rings. The molecule has 2 heterocycles. The van der Waals surface area contributed by atoms with Crippen LogP contribution in [0.2, 0.25) is 0 Å². The second-order valence-electron chi connectivity index (χ2n) is 6.33. The van der Waals surface area contributed by atoms with Crippen molar-refractivity contribution in [3.8, 4) is 0 Å². The summed E-state index contributed by atoms with van der Waals surface area (Å²) in [6.45, 7) is 1.68. The van der Waals surface area contributed by atoms with E-state index in [1.54, 1.807) is 25.3 Å². The first-order valence-electron chi connectivity index (χ1n) is 8.83. The summed E-state index contributed by atoms with van der Waals surface area (Å²) in [7, 11) is 0. The molecule has 0 aliphatic heterocycles. The Kier molecular flexibility index (Phi) is 5.07. The molecule has 8 heteroatoms. The minimum absolute atomic E-state index is 0.0261. The first-order chi connectivity index (χ1) is 14.1. The van der Waals surface area contributed by atoms with E-state index in [4.69, 9.17) is 4.74 Å². The zero-order chi connectivity index (χ0) is 20.2. The molecule has 144 valence electrons. The minimum atomic E-state index is -0.641. The van der Waals surface area contributed by atoms with Crippen molar-refractivity contribution < 1.29 is 13.9 Å². The summed E-state index contributed by atoms with van der Waals surface area (Å²) in [5.41, 5.74) is 2.17. The third kappa shape index (κ3) is 4.16. The number of para-hydroxylation sites is 1. The predicted octanol–water partition coefficient (Wildman–Crippen LogP) is 3.41. The lowest BCUT2D eigenvalue weighted by Gasteiger charge is -2.09. The van der Waals surface area contributed by atoms with Gasteiger partial charge in [-0.1, -0.05) is 30.3 Å². The van der Waals surface area contributed by atoms with Gasteiger partial charge in [0.15, 0.2) is 11.5 Å². The first kappa shape index (κ1) is 18.4. The number of aromatic nitrogens is 5. The Balaban J connectivity index is 1.60. The number of carbonyl (C=O) groups excluding carboxylic acids is 1. The van der Waals surface area contributed by atoms with Gasteiger partial charge in [0.25, 0.3) is 0 Å². The topological polar surface area (TPSA) is 82.8 Å². The van der Waals surface area contributed by atoms with Crippen molar-refractivity contribution in [2.75, 3.05) is 0 Å². The number of hydrogen-bond acceptors (Lipinski definition) is 6. The molecule has 4 rings (SSSR count). The molecule has 2 aromatic carbocycles. The van der Waals surface area contributed by atoms with E-state index in [2.05, 4.69) is 20.5 Å². The molecule has 7 nitrogen and oxygen atoms in total. The van der Waals surface area contributed by atoms with Gasteiger partial charge >= 0.3 is 5.97 Å². The van der Waals surface area contributed by atoms with Crippen molar-refractivity contribution in [2.45, 2.75) is 13.5 Å². The summed E-state index contributed by atoms with van der Waals surface area (Å²) in [5.74, 6) is -0.656. The molecule has 0 spiro atoms. The summed E-state index contributed by atoms with van der Waals surface area (Å²) in [6, 6.07) is 15.4. The van der Waals surface area contributed by atoms with E-state index in [9.17, 15) is 9.18 Å². The van der Waals surface area contributed by atoms with Gasteiger partial charge in [-0.25, -0.2) is 9.18 Å². The third-order valence-electron chi connectivity index (χ3n) is 4.23. The molecular weight excluding hydrogens is 373 g/mol. The fourth-order valence-corrected chi connectivity index (χ4v) is 2.83. The van der Waals surface area contributed by atoms with Crippen molar-refractivity contribution in [3.63, 3.8) is 0 Å². The van der Waals surface area contributed by atoms with Crippen LogP contribution in [0.3, 0.4) is 0 Å². The molecule has 2 aromatic heterocycles. The Hall–Kier alpha value is -3.94. The van der Waals surface area contributed by atoms with Gasteiger partial charge in [0, 0.05) is 17.1 Å². The molecule has 0 aliphatic rings. The smallest absolute Gasteiger partial charge is 0.357 e. The van der Waals surface area contributed by atoms with E-state index in [-0.39, 0.29) is 12.3 Å². The number of hydrogen-bond donors (Lipinski definition) is 0. The molecule has 0 saturated heterocycles. The van der Waals surface area contributed by atoms with Gasteiger partial charge in [-0.2, -0.15) is 4.68 Å². The van der Waals surface area contributed by atoms with Crippen molar-refractivity contribution in [2.24, 2.45) is 0 Å². The van der Waals surface area contributed by atoms with E-state index < -0.39 is 11.8 Å². The predicted molar refractivity (Wildman–Crippen MR) is 105 cm³/mol. The highest BCUT2D eigenvalue weighted by Crippen LogP contribution is 2.17. The zero-order valence-electron chi connectivity index (χ0n) is 15.5. The second-order valence-corrected chi connectivity index (χ2v) is 6.33. The average molecular weight is 389 g/mol. The van der Waals surface area contributed by atoms with Gasteiger partial charge in [-0.05, 0) is 53.3 Å². The first-order valence-corrected chi connectivity index (χ1v) is 8.83. The monoisotopic (exact) mass is 389 g/mol. The third-order valence-corrected chi connectivity index (χ3v) is 4.23. The van der Waals surface area contributed by atoms with Crippen LogP contribution < -0.4 is 0 Å². The van der Waals surface area contributed by atoms with E-state index in [0.29, 0.717) is 11.4 Å². The number of aryl methyl sites for hydroxylation is 1. The summed E-state index contributed by atoms with van der Waals surface area (Å²) in [5, 5.41) is 12.2. The number of ether oxygens (including phenoxy) is 1. The summed E-state index contributed by atoms with van der Waals surface area (Å²) >= 11 is 0. The Morgan fingerprint density at radius 1 is 1.17 bits per heavy atom. The number of fused-ring (bicyclic) bond motifs is 1. The SMILES string of the molecule is Cc1nnnn1/C(=C\c1cccc(F)c1)C(=O)OCc1cnc2ccccc2c1. The number of halogens is 1. The normalized spacial score (nSPS) is 11.6. The number of pyridine rings is 1. The molecule has 29 heavy (non-hydrogen) atoms. The Morgan fingerprint density at radius 2 is 2.03 bits per heavy atom. The number of rotatable bonds is 5. The zero-order valence-corrected chi connectivity index (χ0v) is 15.5. The fraction of sp³-hybridized carbons (Fsp3) is 0.0952. The van der Waals surface area contributed by atoms with E-state index in [1.165, 1.54) is 22.9 Å². The van der Waals surface area contributed by atoms with Gasteiger partial charge in [0.05, 0.1) is 5.52 Å². The van der Waals surface area contributed by atoms with Crippen LogP contribution in [-0.4, -0.2) is 31.2 Å². The molecule has 0 radical (unpaired) electrons. The van der Waals surface area contributed by atoms with Crippen LogP contribution in [0.5, 0.6) is 0 Å². The standard InChI is InChI=1S/C21H16FN5O2/c1-14-24-25-26-27(14)20(11-15-5-4-7-18(22)10-15)21(28)29-13-16-9-17-6-2-3-8-19(17)23-12-16/h2-12H,13H2,1H3/b20-11-. The molecule has 0 bridgehead atoms. The van der Waals surface area contributed by atoms with Crippen LogP contribution in [0.15, 0.2) is 60.8 Å². The fourth-order valence-electron chi connectivity index (χ4n) is 2.83. The van der Waals surface area contributed by atoms with Crippen molar-refractivity contribution >= 4 is 28.6 Å². The van der Waals surface area contributed by atoms with Gasteiger partial charge in [-0.15, -0.1) is 5.10 Å². The molecular formula is C21H16FN5O2. The highest BCUT2D eigenvalue weighted by Gasteiger charge is 2.18. The molecule has 0 amide bonds. The Bertz CT molecular complexity index is 1220. The lowest BCUT2D eigenvalue weighted by atomic mass is 10.1. The molecule has 0 unspecified atom stereocenters. The molecule has 0 N–H and O–H groups in total. The lowest BCUT2D eigenvalue weighted by molar-refractivity contribution is -0.138. The van der Waals surface area contributed by atoms with E-state index in [0.717, 1.165) is 16.5 Å². The largest absolute Gasteiger partial charge is 0.456 e. The summed E-state index contributed by atoms with van der Waals surface area (Å²) in [4.78, 5) is 17.2. The summed E-state index contributed by atoms with van der Waals surface area (Å²) < 4.78 is 20.3. The van der Waals surface area contributed by atoms with Gasteiger partial charge in [0.2, 0.25) is 0 Å². The second kappa shape index (κ2) is 7.97. The number of tetrazole rings is 1. The van der Waals surface area contributed by atoms with Crippen molar-refractivity contribution in [3.05, 3.63) is 83.6 Å². The highest BCUT2D eigenvalue weighted by atomic mass is 19.1. The van der Waals surface area contributed by atoms with Gasteiger partial charge in [0.1, 0.15) is 12.4 Å². The Morgan fingerprint density at radius 3 is 2.83 bits per heavy atom. The number of benzene rings is 2. The molecule has 0 aliphatic carbocycles. The summed E-state index contributed by atoms with van der Waals surface area (Å²) in [6.07, 6.45) is 3.14. The van der Waals surface area contributed by atoms with Crippen molar-refractivity contribution in [1.82, 2.24) is 25.2 Å². The molecule has 0 fully saturated rings. The van der Waals surface area contributed by atoms with E-state index in [1.807, 2.05) is 30.3 Å². The maximum Gasteiger partial charge on any atom is 0.357 e. The van der Waals surface area contributed by atoms with Crippen LogP contribution in [0.25, 0.3) is 22.7 Å². The van der Waals surface area contributed by atoms with Crippen LogP contribution in [0.4, 0.5) is 4.39 Å². The van der Waals surface area contributed by atoms with Crippen LogP contribution in [0.1, 0.15) is 17.0 Å². The van der Waals surface area contributed by atoms with Crippen LogP contribution in [-0.2, 0) is 16.1 Å². The average Bonchev–Trinajstić information content (AvgIpc) is 3.15. The van der Waals surface area contributed by atoms with E-state index >= 15 is 0 Å². The van der Waals surface area contributed by atoms with Crippen LogP contribution in [0, 0.1) is 12.7 Å². The Labute approximate surface area is 165 Å². The maximum absolute atomic E-state index is 13.5. The molecule has 0 saturated carbocycles. The number of esters is 1. The maximum atomic E-state index is 13.5. The van der Waals surface area contributed by atoms with Gasteiger partial charge < -0.3 is 4.74 Å². The lowest BCUT2D eigenvalue weighted by Crippen LogP contribution is -2.15. The highest BCUT2D eigenvalue weighted by molar-refractivity contribution is 6.15. The van der Waals surface area contributed by atoms with Crippen molar-refractivity contribution in [1.29, 1.82) is 0 Å².